The first-order valence-corrected chi connectivity index (χ1v) is 10.5. The van der Waals surface area contributed by atoms with Crippen molar-refractivity contribution in [2.75, 3.05) is 25.6 Å². The van der Waals surface area contributed by atoms with E-state index >= 15 is 0 Å². The fourth-order valence-corrected chi connectivity index (χ4v) is 3.77. The largest absolute Gasteiger partial charge is 0.530 e. The number of rotatable bonds is 9. The van der Waals surface area contributed by atoms with Gasteiger partial charge in [0.2, 0.25) is 5.79 Å². The van der Waals surface area contributed by atoms with Gasteiger partial charge in [-0.05, 0) is 42.8 Å². The van der Waals surface area contributed by atoms with Gasteiger partial charge in [0.25, 0.3) is 0 Å². The van der Waals surface area contributed by atoms with E-state index < -0.39 is 22.0 Å². The standard InChI is InChI=1S/C19H22N4O6S/c1-19(23-18(24)25)21-16-9-6-14(12-17(16)22-19)29-30(26,27)15-7-4-13(5-8-15)20-10-3-11-28-2/h4-9,12,20,23H,3,10-11H2,1-2H3,(H,24,25)/p-1. The summed E-state index contributed by atoms with van der Waals surface area (Å²) in [6.07, 6.45) is -0.694. The summed E-state index contributed by atoms with van der Waals surface area (Å²) in [5, 5.41) is 16.7. The van der Waals surface area contributed by atoms with Crippen LogP contribution in [0.25, 0.3) is 0 Å². The maximum atomic E-state index is 12.6. The fraction of sp³-hybridized carbons (Fsp3) is 0.316. The van der Waals surface area contributed by atoms with Crippen LogP contribution in [0.3, 0.4) is 0 Å². The van der Waals surface area contributed by atoms with Crippen molar-refractivity contribution in [2.24, 2.45) is 9.98 Å². The Bertz CT molecular complexity index is 1150. The second kappa shape index (κ2) is 8.67. The molecule has 0 radical (unpaired) electrons. The molecule has 11 heteroatoms. The van der Waals surface area contributed by atoms with Crippen molar-refractivity contribution in [1.29, 1.82) is 0 Å². The molecule has 0 aliphatic carbocycles. The van der Waals surface area contributed by atoms with Gasteiger partial charge in [0.15, 0.2) is 0 Å². The van der Waals surface area contributed by atoms with Crippen molar-refractivity contribution in [3.05, 3.63) is 53.2 Å². The quantitative estimate of drug-likeness (QED) is 0.411. The monoisotopic (exact) mass is 433 g/mol. The third kappa shape index (κ3) is 5.24. The molecule has 2 aromatic rings. The molecule has 10 nitrogen and oxygen atoms in total. The molecule has 30 heavy (non-hydrogen) atoms. The first-order valence-electron chi connectivity index (χ1n) is 9.07. The lowest BCUT2D eigenvalue weighted by Gasteiger charge is -2.20. The van der Waals surface area contributed by atoms with Crippen molar-refractivity contribution in [3.8, 4) is 5.75 Å². The van der Waals surface area contributed by atoms with Gasteiger partial charge in [0.1, 0.15) is 16.7 Å². The van der Waals surface area contributed by atoms with E-state index in [2.05, 4.69) is 20.6 Å². The van der Waals surface area contributed by atoms with E-state index in [1.807, 2.05) is 0 Å². The van der Waals surface area contributed by atoms with Crippen molar-refractivity contribution in [2.45, 2.75) is 24.0 Å². The van der Waals surface area contributed by atoms with Crippen molar-refractivity contribution < 1.29 is 27.2 Å². The third-order valence-electron chi connectivity index (χ3n) is 4.17. The van der Waals surface area contributed by atoms with Crippen LogP contribution in [0.1, 0.15) is 13.3 Å². The molecule has 1 aliphatic heterocycles. The zero-order chi connectivity index (χ0) is 21.8. The number of hydrogen-bond donors (Lipinski definition) is 2. The predicted octanol–water partition coefficient (Wildman–Crippen LogP) is -0.238. The summed E-state index contributed by atoms with van der Waals surface area (Å²) in [4.78, 5) is 19.1. The van der Waals surface area contributed by atoms with Crippen molar-refractivity contribution in [1.82, 2.24) is 5.32 Å². The average Bonchev–Trinajstić information content (AvgIpc) is 2.99. The van der Waals surface area contributed by atoms with E-state index in [4.69, 9.17) is 8.92 Å². The minimum atomic E-state index is -4.06. The van der Waals surface area contributed by atoms with E-state index in [0.717, 1.165) is 12.1 Å². The van der Waals surface area contributed by atoms with Gasteiger partial charge in [0, 0.05) is 38.9 Å². The molecule has 0 spiro atoms. The zero-order valence-electron chi connectivity index (χ0n) is 16.4. The Morgan fingerprint density at radius 2 is 1.83 bits per heavy atom. The second-order valence-electron chi connectivity index (χ2n) is 6.64. The van der Waals surface area contributed by atoms with Crippen LogP contribution in [0.4, 0.5) is 10.5 Å². The van der Waals surface area contributed by atoms with E-state index in [1.54, 1.807) is 19.2 Å². The van der Waals surface area contributed by atoms with Crippen LogP contribution in [0.15, 0.2) is 57.3 Å². The summed E-state index contributed by atoms with van der Waals surface area (Å²) in [6.45, 7) is 2.78. The number of anilines is 1. The number of nitrogens with zero attached hydrogens (tertiary/aromatic N) is 2. The number of carbonyl (C=O) groups is 1. The van der Waals surface area contributed by atoms with Crippen molar-refractivity contribution in [3.63, 3.8) is 0 Å². The fourth-order valence-electron chi connectivity index (χ4n) is 2.85. The Balaban J connectivity index is 1.73. The summed E-state index contributed by atoms with van der Waals surface area (Å²) in [5.41, 5.74) is 0.780. The second-order valence-corrected chi connectivity index (χ2v) is 8.19. The lowest BCUT2D eigenvalue weighted by Crippen LogP contribution is -2.48. The molecule has 0 aromatic heterocycles. The van der Waals surface area contributed by atoms with Crippen LogP contribution in [0.2, 0.25) is 0 Å². The van der Waals surface area contributed by atoms with Gasteiger partial charge in [-0.3, -0.25) is 0 Å². The minimum absolute atomic E-state index is 0.00415. The SMILES string of the molecule is COCCCNc1ccc(S(=O)(=O)Oc2ccc3c(c2)=NC(C)(NC(=O)[O-])N=3)cc1. The number of carbonyl (C=O) groups excluding carboxylic acids is 1. The molecule has 1 amide bonds. The van der Waals surface area contributed by atoms with Crippen LogP contribution < -0.4 is 30.6 Å². The number of ether oxygens (including phenoxy) is 1. The molecule has 0 fully saturated rings. The van der Waals surface area contributed by atoms with Crippen molar-refractivity contribution >= 4 is 21.9 Å². The highest BCUT2D eigenvalue weighted by molar-refractivity contribution is 7.87. The third-order valence-corrected chi connectivity index (χ3v) is 5.43. The van der Waals surface area contributed by atoms with E-state index in [1.165, 1.54) is 37.3 Å². The molecule has 1 heterocycles. The van der Waals surface area contributed by atoms with Gasteiger partial charge in [-0.25, -0.2) is 9.98 Å². The molecular weight excluding hydrogens is 412 g/mol. The highest BCUT2D eigenvalue weighted by Gasteiger charge is 2.25. The normalized spacial score (nSPS) is 17.4. The van der Waals surface area contributed by atoms with Crippen LogP contribution in [0, 0.1) is 0 Å². The van der Waals surface area contributed by atoms with E-state index in [9.17, 15) is 18.3 Å². The number of benzene rings is 2. The number of fused-ring (bicyclic) bond motifs is 1. The molecular formula is C19H21N4O6S-. The summed E-state index contributed by atoms with van der Waals surface area (Å²) in [5.74, 6) is -1.39. The van der Waals surface area contributed by atoms with Gasteiger partial charge in [0.05, 0.1) is 10.7 Å². The molecule has 160 valence electrons. The van der Waals surface area contributed by atoms with Crippen LogP contribution in [0.5, 0.6) is 5.75 Å². The summed E-state index contributed by atoms with van der Waals surface area (Å²) in [7, 11) is -2.43. The maximum absolute atomic E-state index is 12.6. The smallest absolute Gasteiger partial charge is 0.339 e. The Labute approximate surface area is 173 Å². The molecule has 1 atom stereocenters. The molecule has 2 aromatic carbocycles. The molecule has 3 rings (SSSR count). The first kappa shape index (κ1) is 21.5. The predicted molar refractivity (Wildman–Crippen MR) is 105 cm³/mol. The van der Waals surface area contributed by atoms with Crippen LogP contribution in [-0.4, -0.2) is 40.6 Å². The molecule has 1 aliphatic rings. The minimum Gasteiger partial charge on any atom is -0.530 e. The van der Waals surface area contributed by atoms with E-state index in [-0.39, 0.29) is 10.6 Å². The molecule has 2 N–H and O–H groups in total. The number of hydrogen-bond acceptors (Lipinski definition) is 9. The van der Waals surface area contributed by atoms with E-state index in [0.29, 0.717) is 23.9 Å². The Kier molecular flexibility index (Phi) is 6.22. The highest BCUT2D eigenvalue weighted by Crippen LogP contribution is 2.19. The van der Waals surface area contributed by atoms with Gasteiger partial charge in [-0.15, -0.1) is 0 Å². The Morgan fingerprint density at radius 1 is 1.13 bits per heavy atom. The number of amides is 1. The number of carboxylic acid groups (broad SMARTS) is 1. The highest BCUT2D eigenvalue weighted by atomic mass is 32.2. The lowest BCUT2D eigenvalue weighted by atomic mass is 10.3. The lowest BCUT2D eigenvalue weighted by molar-refractivity contribution is -0.252. The zero-order valence-corrected chi connectivity index (χ0v) is 17.2. The summed E-state index contributed by atoms with van der Waals surface area (Å²) >= 11 is 0. The van der Waals surface area contributed by atoms with Gasteiger partial charge in [-0.1, -0.05) is 0 Å². The Hall–Kier alpha value is -3.18. The molecule has 0 saturated heterocycles. The number of nitrogens with one attached hydrogen (secondary N) is 2. The summed E-state index contributed by atoms with van der Waals surface area (Å²) < 4.78 is 35.3. The van der Waals surface area contributed by atoms with Gasteiger partial charge >= 0.3 is 10.1 Å². The van der Waals surface area contributed by atoms with Gasteiger partial charge in [-0.2, -0.15) is 8.42 Å². The molecule has 1 unspecified atom stereocenters. The van der Waals surface area contributed by atoms with Crippen LogP contribution in [-0.2, 0) is 14.9 Å². The maximum Gasteiger partial charge on any atom is 0.339 e. The first-order chi connectivity index (χ1) is 14.2. The summed E-state index contributed by atoms with van der Waals surface area (Å²) in [6, 6.07) is 10.5. The van der Waals surface area contributed by atoms with Gasteiger partial charge < -0.3 is 29.5 Å². The topological polar surface area (TPSA) is 142 Å². The molecule has 0 saturated carbocycles. The molecule has 0 bridgehead atoms. The van der Waals surface area contributed by atoms with Crippen LogP contribution >= 0.6 is 0 Å². The Morgan fingerprint density at radius 3 is 2.50 bits per heavy atom. The number of methoxy groups -OCH3 is 1. The average molecular weight is 433 g/mol.